The highest BCUT2D eigenvalue weighted by Gasteiger charge is 2.46. The third-order valence-electron chi connectivity index (χ3n) is 2.09. The van der Waals surface area contributed by atoms with Gasteiger partial charge in [0.1, 0.15) is 11.6 Å². The Morgan fingerprint density at radius 2 is 1.25 bits per heavy atom. The number of nitriles is 1. The van der Waals surface area contributed by atoms with E-state index < -0.39 is 48.0 Å². The molecule has 0 heterocycles. The number of nitro benzene ring substituents is 4. The molecule has 0 amide bonds. The van der Waals surface area contributed by atoms with E-state index in [0.29, 0.717) is 0 Å². The van der Waals surface area contributed by atoms with Crippen molar-refractivity contribution >= 4 is 22.7 Å². The Labute approximate surface area is 107 Å². The van der Waals surface area contributed by atoms with Crippen LogP contribution in [0.2, 0.25) is 0 Å². The Morgan fingerprint density at radius 3 is 1.55 bits per heavy atom. The van der Waals surface area contributed by atoms with Gasteiger partial charge >= 0.3 is 22.7 Å². The Bertz CT molecular complexity index is 704. The van der Waals surface area contributed by atoms with Crippen molar-refractivity contribution in [3.8, 4) is 6.07 Å². The van der Waals surface area contributed by atoms with Crippen LogP contribution in [0, 0.1) is 51.8 Å². The van der Waals surface area contributed by atoms with Crippen LogP contribution in [0.3, 0.4) is 0 Å². The van der Waals surface area contributed by atoms with E-state index in [-0.39, 0.29) is 6.07 Å². The zero-order chi connectivity index (χ0) is 15.6. The maximum Gasteiger partial charge on any atom is 0.431 e. The molecule has 0 aromatic heterocycles. The van der Waals surface area contributed by atoms with Crippen molar-refractivity contribution in [3.05, 3.63) is 52.1 Å². The summed E-state index contributed by atoms with van der Waals surface area (Å²) in [6, 6.07) is 1.41. The maximum absolute atomic E-state index is 10.8. The summed E-state index contributed by atoms with van der Waals surface area (Å²) in [7, 11) is 0. The normalized spacial score (nSPS) is 9.55. The summed E-state index contributed by atoms with van der Waals surface area (Å²) in [6.07, 6.45) is 0. The molecular weight excluding hydrogens is 282 g/mol. The average Bonchev–Trinajstić information content (AvgIpc) is 2.35. The van der Waals surface area contributed by atoms with Crippen LogP contribution in [0.1, 0.15) is 5.56 Å². The molecule has 13 nitrogen and oxygen atoms in total. The quantitative estimate of drug-likeness (QED) is 0.574. The van der Waals surface area contributed by atoms with Crippen molar-refractivity contribution in [3.63, 3.8) is 0 Å². The molecule has 1 aromatic carbocycles. The van der Waals surface area contributed by atoms with Crippen molar-refractivity contribution in [1.29, 1.82) is 5.26 Å². The lowest BCUT2D eigenvalue weighted by Crippen LogP contribution is -2.06. The van der Waals surface area contributed by atoms with Crippen molar-refractivity contribution in [2.45, 2.75) is 0 Å². The predicted octanol–water partition coefficient (Wildman–Crippen LogP) is 1.19. The lowest BCUT2D eigenvalue weighted by atomic mass is 10.1. The van der Waals surface area contributed by atoms with Crippen LogP contribution in [0.15, 0.2) is 6.07 Å². The minimum Gasteiger partial charge on any atom is -0.258 e. The predicted molar refractivity (Wildman–Crippen MR) is 57.8 cm³/mol. The molecular formula is C7HN5O8. The Balaban J connectivity index is 4.09. The lowest BCUT2D eigenvalue weighted by Gasteiger charge is -1.99. The molecule has 0 atom stereocenters. The van der Waals surface area contributed by atoms with Gasteiger partial charge in [-0.2, -0.15) is 5.26 Å². The van der Waals surface area contributed by atoms with Gasteiger partial charge in [-0.3, -0.25) is 40.5 Å². The minimum atomic E-state index is -1.70. The zero-order valence-electron chi connectivity index (χ0n) is 9.08. The second-order valence-electron chi connectivity index (χ2n) is 3.13. The number of nitro groups is 4. The van der Waals surface area contributed by atoms with Crippen LogP contribution in [0.4, 0.5) is 22.7 Å². The molecule has 0 unspecified atom stereocenters. The molecule has 0 fully saturated rings. The maximum atomic E-state index is 10.8. The third kappa shape index (κ3) is 2.15. The average molecular weight is 283 g/mol. The van der Waals surface area contributed by atoms with Crippen molar-refractivity contribution < 1.29 is 19.7 Å². The van der Waals surface area contributed by atoms with Crippen molar-refractivity contribution in [2.24, 2.45) is 0 Å². The largest absolute Gasteiger partial charge is 0.431 e. The lowest BCUT2D eigenvalue weighted by molar-refractivity contribution is -0.452. The van der Waals surface area contributed by atoms with Gasteiger partial charge in [-0.05, 0) is 0 Å². The number of hydrogen-bond acceptors (Lipinski definition) is 9. The Kier molecular flexibility index (Phi) is 3.52. The van der Waals surface area contributed by atoms with Crippen LogP contribution < -0.4 is 0 Å². The number of benzene rings is 1. The van der Waals surface area contributed by atoms with Crippen LogP contribution in [-0.4, -0.2) is 19.7 Å². The van der Waals surface area contributed by atoms with E-state index in [1.807, 2.05) is 0 Å². The van der Waals surface area contributed by atoms with Crippen LogP contribution in [0.25, 0.3) is 0 Å². The fraction of sp³-hybridized carbons (Fsp3) is 0. The molecule has 0 saturated carbocycles. The first-order valence-corrected chi connectivity index (χ1v) is 4.41. The van der Waals surface area contributed by atoms with Gasteiger partial charge in [0.05, 0.1) is 19.7 Å². The Hall–Kier alpha value is -3.69. The first-order chi connectivity index (χ1) is 9.22. The summed E-state index contributed by atoms with van der Waals surface area (Å²) in [5.41, 5.74) is -7.20. The molecule has 20 heavy (non-hydrogen) atoms. The zero-order valence-corrected chi connectivity index (χ0v) is 9.08. The highest BCUT2D eigenvalue weighted by Crippen LogP contribution is 2.44. The second kappa shape index (κ2) is 4.89. The second-order valence-corrected chi connectivity index (χ2v) is 3.13. The minimum absolute atomic E-state index is 0.253. The summed E-state index contributed by atoms with van der Waals surface area (Å²) < 4.78 is 0. The third-order valence-corrected chi connectivity index (χ3v) is 2.09. The first-order valence-electron chi connectivity index (χ1n) is 4.41. The number of rotatable bonds is 4. The van der Waals surface area contributed by atoms with Gasteiger partial charge in [0, 0.05) is 6.07 Å². The van der Waals surface area contributed by atoms with E-state index in [4.69, 9.17) is 5.26 Å². The van der Waals surface area contributed by atoms with Gasteiger partial charge < -0.3 is 0 Å². The van der Waals surface area contributed by atoms with E-state index in [0.717, 1.165) is 6.07 Å². The molecule has 1 rings (SSSR count). The number of nitrogens with zero attached hydrogens (tertiary/aromatic N) is 5. The summed E-state index contributed by atoms with van der Waals surface area (Å²) >= 11 is 0. The van der Waals surface area contributed by atoms with E-state index in [2.05, 4.69) is 0 Å². The first kappa shape index (κ1) is 14.4. The number of hydrogen-bond donors (Lipinski definition) is 0. The molecule has 0 aliphatic heterocycles. The van der Waals surface area contributed by atoms with Crippen molar-refractivity contribution in [1.82, 2.24) is 0 Å². The highest BCUT2D eigenvalue weighted by molar-refractivity contribution is 5.79. The molecule has 0 bridgehead atoms. The van der Waals surface area contributed by atoms with Crippen LogP contribution >= 0.6 is 0 Å². The van der Waals surface area contributed by atoms with Gasteiger partial charge in [-0.15, -0.1) is 0 Å². The smallest absolute Gasteiger partial charge is 0.258 e. The molecule has 13 heteroatoms. The molecule has 0 aliphatic carbocycles. The molecule has 0 radical (unpaired) electrons. The fourth-order valence-electron chi connectivity index (χ4n) is 1.40. The molecule has 1 aromatic rings. The molecule has 102 valence electrons. The van der Waals surface area contributed by atoms with Crippen LogP contribution in [0.5, 0.6) is 0 Å². The van der Waals surface area contributed by atoms with Crippen molar-refractivity contribution in [2.75, 3.05) is 0 Å². The van der Waals surface area contributed by atoms with Gasteiger partial charge in [0.15, 0.2) is 0 Å². The highest BCUT2D eigenvalue weighted by atomic mass is 16.7. The van der Waals surface area contributed by atoms with E-state index >= 15 is 0 Å². The summed E-state index contributed by atoms with van der Waals surface area (Å²) in [5.74, 6) is 0. The summed E-state index contributed by atoms with van der Waals surface area (Å²) in [4.78, 5) is 37.1. The summed E-state index contributed by atoms with van der Waals surface area (Å²) in [5, 5.41) is 51.5. The molecule has 0 N–H and O–H groups in total. The molecule has 0 aliphatic rings. The fourth-order valence-corrected chi connectivity index (χ4v) is 1.40. The monoisotopic (exact) mass is 283 g/mol. The standard InChI is InChI=1S/C7HN5O8/c8-2-3-1-4(9(13)14)6(11(17)18)7(12(19)20)5(3)10(15)16/h1H. The SMILES string of the molecule is N#Cc1cc([N+](=O)[O-])c([N+](=O)[O-])c([N+](=O)[O-])c1[N+](=O)[O-]. The van der Waals surface area contributed by atoms with Gasteiger partial charge in [0.2, 0.25) is 0 Å². The molecule has 0 spiro atoms. The van der Waals surface area contributed by atoms with Crippen LogP contribution in [-0.2, 0) is 0 Å². The van der Waals surface area contributed by atoms with E-state index in [9.17, 15) is 40.5 Å². The van der Waals surface area contributed by atoms with E-state index in [1.54, 1.807) is 0 Å². The Morgan fingerprint density at radius 1 is 0.800 bits per heavy atom. The van der Waals surface area contributed by atoms with Gasteiger partial charge in [-0.1, -0.05) is 0 Å². The molecule has 0 saturated heterocycles. The van der Waals surface area contributed by atoms with Gasteiger partial charge in [0.25, 0.3) is 0 Å². The van der Waals surface area contributed by atoms with E-state index in [1.165, 1.54) is 0 Å². The summed E-state index contributed by atoms with van der Waals surface area (Å²) in [6.45, 7) is 0. The topological polar surface area (TPSA) is 196 Å². The van der Waals surface area contributed by atoms with Gasteiger partial charge in [-0.25, -0.2) is 0 Å².